The van der Waals surface area contributed by atoms with Gasteiger partial charge in [0.25, 0.3) is 0 Å². The fourth-order valence-electron chi connectivity index (χ4n) is 2.22. The SMILES string of the molecule is CCCSc1ccnc2ccc(-c3ccnc(F)c3)cc12. The van der Waals surface area contributed by atoms with Crippen molar-refractivity contribution in [1.29, 1.82) is 0 Å². The summed E-state index contributed by atoms with van der Waals surface area (Å²) in [6.07, 6.45) is 4.46. The van der Waals surface area contributed by atoms with Gasteiger partial charge in [-0.25, -0.2) is 4.98 Å². The van der Waals surface area contributed by atoms with Gasteiger partial charge < -0.3 is 0 Å². The second-order valence-corrected chi connectivity index (χ2v) is 5.89. The van der Waals surface area contributed by atoms with Crippen LogP contribution in [0.3, 0.4) is 0 Å². The van der Waals surface area contributed by atoms with Crippen molar-refractivity contribution >= 4 is 22.7 Å². The zero-order valence-electron chi connectivity index (χ0n) is 11.7. The Hall–Kier alpha value is -1.94. The van der Waals surface area contributed by atoms with E-state index in [0.29, 0.717) is 0 Å². The summed E-state index contributed by atoms with van der Waals surface area (Å²) in [5.41, 5.74) is 2.78. The van der Waals surface area contributed by atoms with Gasteiger partial charge in [-0.15, -0.1) is 11.8 Å². The second kappa shape index (κ2) is 6.22. The fraction of sp³-hybridized carbons (Fsp3) is 0.176. The molecule has 0 atom stereocenters. The van der Waals surface area contributed by atoms with E-state index in [0.717, 1.165) is 34.2 Å². The average Bonchev–Trinajstić information content (AvgIpc) is 2.52. The maximum absolute atomic E-state index is 13.3. The lowest BCUT2D eigenvalue weighted by Crippen LogP contribution is -1.87. The van der Waals surface area contributed by atoms with E-state index in [9.17, 15) is 4.39 Å². The summed E-state index contributed by atoms with van der Waals surface area (Å²) >= 11 is 1.83. The third-order valence-electron chi connectivity index (χ3n) is 3.22. The molecule has 0 saturated heterocycles. The molecular weight excluding hydrogens is 283 g/mol. The van der Waals surface area contributed by atoms with E-state index >= 15 is 0 Å². The maximum Gasteiger partial charge on any atom is 0.213 e. The van der Waals surface area contributed by atoms with Gasteiger partial charge in [0.05, 0.1) is 5.52 Å². The van der Waals surface area contributed by atoms with Gasteiger partial charge in [-0.05, 0) is 47.6 Å². The van der Waals surface area contributed by atoms with Crippen molar-refractivity contribution in [2.75, 3.05) is 5.75 Å². The van der Waals surface area contributed by atoms with E-state index in [4.69, 9.17) is 0 Å². The molecule has 2 nitrogen and oxygen atoms in total. The van der Waals surface area contributed by atoms with E-state index in [1.165, 1.54) is 17.2 Å². The number of halogens is 1. The Labute approximate surface area is 127 Å². The summed E-state index contributed by atoms with van der Waals surface area (Å²) in [6, 6.07) is 11.3. The van der Waals surface area contributed by atoms with Crippen LogP contribution in [-0.2, 0) is 0 Å². The van der Waals surface area contributed by atoms with Crippen LogP contribution in [0.2, 0.25) is 0 Å². The molecule has 0 unspecified atom stereocenters. The standard InChI is InChI=1S/C17H15FN2S/c1-2-9-21-16-6-8-19-15-4-3-12(10-14(15)16)13-5-7-20-17(18)11-13/h3-8,10-11H,2,9H2,1H3. The average molecular weight is 298 g/mol. The topological polar surface area (TPSA) is 25.8 Å². The number of benzene rings is 1. The lowest BCUT2D eigenvalue weighted by atomic mass is 10.0. The van der Waals surface area contributed by atoms with Crippen LogP contribution < -0.4 is 0 Å². The molecule has 0 aliphatic heterocycles. The number of nitrogens with zero attached hydrogens (tertiary/aromatic N) is 2. The Morgan fingerprint density at radius 2 is 1.81 bits per heavy atom. The number of thioether (sulfide) groups is 1. The number of hydrogen-bond donors (Lipinski definition) is 0. The van der Waals surface area contributed by atoms with Gasteiger partial charge in [0, 0.05) is 28.7 Å². The van der Waals surface area contributed by atoms with Gasteiger partial charge in [0.1, 0.15) is 0 Å². The molecule has 1 aromatic carbocycles. The lowest BCUT2D eigenvalue weighted by Gasteiger charge is -2.08. The molecule has 0 spiro atoms. The summed E-state index contributed by atoms with van der Waals surface area (Å²) in [5.74, 6) is 0.618. The van der Waals surface area contributed by atoms with Crippen molar-refractivity contribution in [1.82, 2.24) is 9.97 Å². The summed E-state index contributed by atoms with van der Waals surface area (Å²) in [7, 11) is 0. The first-order valence-corrected chi connectivity index (χ1v) is 7.90. The smallest absolute Gasteiger partial charge is 0.213 e. The highest BCUT2D eigenvalue weighted by molar-refractivity contribution is 7.99. The largest absolute Gasteiger partial charge is 0.256 e. The molecule has 21 heavy (non-hydrogen) atoms. The van der Waals surface area contributed by atoms with Crippen molar-refractivity contribution in [3.05, 3.63) is 54.7 Å². The molecule has 0 fully saturated rings. The first kappa shape index (κ1) is 14.0. The Balaban J connectivity index is 2.09. The quantitative estimate of drug-likeness (QED) is 0.504. The van der Waals surface area contributed by atoms with E-state index in [1.807, 2.05) is 42.2 Å². The van der Waals surface area contributed by atoms with E-state index in [2.05, 4.69) is 23.0 Å². The Bertz CT molecular complexity index is 774. The van der Waals surface area contributed by atoms with Gasteiger partial charge in [0.15, 0.2) is 0 Å². The van der Waals surface area contributed by atoms with Crippen LogP contribution in [0, 0.1) is 5.95 Å². The molecule has 2 aromatic heterocycles. The summed E-state index contributed by atoms with van der Waals surface area (Å²) in [5, 5.41) is 1.12. The van der Waals surface area contributed by atoms with Crippen LogP contribution in [0.1, 0.15) is 13.3 Å². The van der Waals surface area contributed by atoms with Crippen molar-refractivity contribution in [2.45, 2.75) is 18.2 Å². The summed E-state index contributed by atoms with van der Waals surface area (Å²) in [6.45, 7) is 2.17. The molecule has 0 saturated carbocycles. The van der Waals surface area contributed by atoms with Crippen molar-refractivity contribution < 1.29 is 4.39 Å². The molecule has 3 aromatic rings. The number of fused-ring (bicyclic) bond motifs is 1. The van der Waals surface area contributed by atoms with Gasteiger partial charge >= 0.3 is 0 Å². The molecule has 3 rings (SSSR count). The molecule has 0 radical (unpaired) electrons. The monoisotopic (exact) mass is 298 g/mol. The molecule has 0 N–H and O–H groups in total. The Morgan fingerprint density at radius 3 is 2.62 bits per heavy atom. The first-order valence-electron chi connectivity index (χ1n) is 6.91. The zero-order chi connectivity index (χ0) is 14.7. The second-order valence-electron chi connectivity index (χ2n) is 4.76. The molecular formula is C17H15FN2S. The zero-order valence-corrected chi connectivity index (χ0v) is 12.5. The fourth-order valence-corrected chi connectivity index (χ4v) is 3.12. The highest BCUT2D eigenvalue weighted by atomic mass is 32.2. The summed E-state index contributed by atoms with van der Waals surface area (Å²) in [4.78, 5) is 9.23. The Morgan fingerprint density at radius 1 is 1.00 bits per heavy atom. The van der Waals surface area contributed by atoms with E-state index < -0.39 is 5.95 Å². The van der Waals surface area contributed by atoms with Crippen LogP contribution in [0.5, 0.6) is 0 Å². The van der Waals surface area contributed by atoms with Crippen LogP contribution in [-0.4, -0.2) is 15.7 Å². The number of pyridine rings is 2. The predicted octanol–water partition coefficient (Wildman–Crippen LogP) is 4.94. The first-order chi connectivity index (χ1) is 10.3. The number of hydrogen-bond acceptors (Lipinski definition) is 3. The molecule has 0 aliphatic carbocycles. The van der Waals surface area contributed by atoms with Gasteiger partial charge in [-0.2, -0.15) is 4.39 Å². The van der Waals surface area contributed by atoms with Crippen molar-refractivity contribution in [3.8, 4) is 11.1 Å². The number of rotatable bonds is 4. The van der Waals surface area contributed by atoms with Crippen molar-refractivity contribution in [2.24, 2.45) is 0 Å². The minimum Gasteiger partial charge on any atom is -0.256 e. The normalized spacial score (nSPS) is 11.0. The van der Waals surface area contributed by atoms with Crippen LogP contribution in [0.4, 0.5) is 4.39 Å². The lowest BCUT2D eigenvalue weighted by molar-refractivity contribution is 0.584. The van der Waals surface area contributed by atoms with Gasteiger partial charge in [-0.3, -0.25) is 4.98 Å². The third-order valence-corrected chi connectivity index (χ3v) is 4.50. The maximum atomic E-state index is 13.3. The minimum absolute atomic E-state index is 0.459. The van der Waals surface area contributed by atoms with Gasteiger partial charge in [-0.1, -0.05) is 13.0 Å². The van der Waals surface area contributed by atoms with E-state index in [1.54, 1.807) is 0 Å². The highest BCUT2D eigenvalue weighted by Crippen LogP contribution is 2.30. The number of aromatic nitrogens is 2. The van der Waals surface area contributed by atoms with Crippen LogP contribution >= 0.6 is 11.8 Å². The van der Waals surface area contributed by atoms with Crippen molar-refractivity contribution in [3.63, 3.8) is 0 Å². The highest BCUT2D eigenvalue weighted by Gasteiger charge is 2.06. The van der Waals surface area contributed by atoms with E-state index in [-0.39, 0.29) is 0 Å². The Kier molecular flexibility index (Phi) is 4.15. The predicted molar refractivity (Wildman–Crippen MR) is 85.9 cm³/mol. The van der Waals surface area contributed by atoms with Crippen LogP contribution in [0.25, 0.3) is 22.0 Å². The molecule has 0 bridgehead atoms. The molecule has 0 aliphatic rings. The summed E-state index contributed by atoms with van der Waals surface area (Å²) < 4.78 is 13.3. The molecule has 0 amide bonds. The molecule has 106 valence electrons. The molecule has 4 heteroatoms. The van der Waals surface area contributed by atoms with Crippen LogP contribution in [0.15, 0.2) is 53.7 Å². The van der Waals surface area contributed by atoms with Gasteiger partial charge in [0.2, 0.25) is 5.95 Å². The molecule has 2 heterocycles. The third kappa shape index (κ3) is 3.05. The minimum atomic E-state index is -0.459.